The molecule has 0 saturated heterocycles. The normalized spacial score (nSPS) is 22.6. The van der Waals surface area contributed by atoms with Gasteiger partial charge in [0.15, 0.2) is 0 Å². The van der Waals surface area contributed by atoms with Gasteiger partial charge in [-0.15, -0.1) is 0 Å². The Balaban J connectivity index is 2.31. The topological polar surface area (TPSA) is 30.9 Å². The molecule has 0 bridgehead atoms. The fourth-order valence-corrected chi connectivity index (χ4v) is 3.06. The number of aromatic nitrogens is 1. The number of nitrogens with zero attached hydrogens (tertiary/aromatic N) is 1. The summed E-state index contributed by atoms with van der Waals surface area (Å²) in [6.07, 6.45) is 4.49. The zero-order valence-corrected chi connectivity index (χ0v) is 13.5. The lowest BCUT2D eigenvalue weighted by Crippen LogP contribution is -2.32. The van der Waals surface area contributed by atoms with Crippen molar-refractivity contribution in [2.45, 2.75) is 67.0 Å². The Kier molecular flexibility index (Phi) is 3.59. The highest BCUT2D eigenvalue weighted by Crippen LogP contribution is 2.41. The first-order chi connectivity index (χ1) is 8.62. The fourth-order valence-electron chi connectivity index (χ4n) is 3.06. The first-order valence-electron chi connectivity index (χ1n) is 7.56. The molecule has 0 aliphatic heterocycles. The summed E-state index contributed by atoms with van der Waals surface area (Å²) in [5.74, 6) is 0.677. The van der Waals surface area contributed by atoms with Crippen molar-refractivity contribution in [3.63, 3.8) is 0 Å². The van der Waals surface area contributed by atoms with Crippen molar-refractivity contribution in [3.05, 3.63) is 23.5 Å². The van der Waals surface area contributed by atoms with E-state index in [1.807, 2.05) is 0 Å². The van der Waals surface area contributed by atoms with Crippen molar-refractivity contribution < 1.29 is 0 Å². The quantitative estimate of drug-likeness (QED) is 0.872. The first-order valence-corrected chi connectivity index (χ1v) is 7.56. The van der Waals surface area contributed by atoms with E-state index >= 15 is 0 Å². The van der Waals surface area contributed by atoms with Crippen LogP contribution in [0.4, 0.5) is 0 Å². The number of nitrogens with two attached hydrogens (primary N) is 1. The third-order valence-corrected chi connectivity index (χ3v) is 5.07. The molecule has 1 atom stereocenters. The van der Waals surface area contributed by atoms with Crippen LogP contribution in [0.3, 0.4) is 0 Å². The van der Waals surface area contributed by atoms with Gasteiger partial charge in [-0.05, 0) is 41.2 Å². The molecule has 0 spiro atoms. The first kappa shape index (κ1) is 14.6. The molecule has 0 saturated carbocycles. The largest absolute Gasteiger partial charge is 0.351 e. The van der Waals surface area contributed by atoms with Crippen LogP contribution in [-0.4, -0.2) is 4.57 Å². The van der Waals surface area contributed by atoms with E-state index in [4.69, 9.17) is 5.73 Å². The van der Waals surface area contributed by atoms with Gasteiger partial charge < -0.3 is 10.3 Å². The van der Waals surface area contributed by atoms with Gasteiger partial charge in [-0.25, -0.2) is 0 Å². The second-order valence-corrected chi connectivity index (χ2v) is 8.14. The lowest BCUT2D eigenvalue weighted by atomic mass is 9.74. The molecule has 19 heavy (non-hydrogen) atoms. The molecule has 0 fully saturated rings. The summed E-state index contributed by atoms with van der Waals surface area (Å²) < 4.78 is 2.45. The molecule has 1 aromatic heterocycles. The van der Waals surface area contributed by atoms with E-state index in [1.54, 1.807) is 0 Å². The number of fused-ring (bicyclic) bond motifs is 1. The van der Waals surface area contributed by atoms with Crippen molar-refractivity contribution in [3.8, 4) is 0 Å². The maximum atomic E-state index is 6.35. The maximum Gasteiger partial charge on any atom is 0.0318 e. The summed E-state index contributed by atoms with van der Waals surface area (Å²) >= 11 is 0. The average Bonchev–Trinajstić information content (AvgIpc) is 2.59. The van der Waals surface area contributed by atoms with Gasteiger partial charge >= 0.3 is 0 Å². The van der Waals surface area contributed by atoms with Crippen LogP contribution >= 0.6 is 0 Å². The van der Waals surface area contributed by atoms with Crippen LogP contribution in [0, 0.1) is 16.7 Å². The van der Waals surface area contributed by atoms with Gasteiger partial charge in [-0.1, -0.05) is 41.5 Å². The summed E-state index contributed by atoms with van der Waals surface area (Å²) in [5, 5.41) is 0. The molecule has 1 aliphatic carbocycles. The zero-order valence-electron chi connectivity index (χ0n) is 13.5. The van der Waals surface area contributed by atoms with E-state index in [0.29, 0.717) is 16.7 Å². The minimum atomic E-state index is 0.210. The molecule has 1 unspecified atom stereocenters. The Labute approximate surface area is 118 Å². The van der Waals surface area contributed by atoms with Crippen LogP contribution in [0.1, 0.15) is 65.3 Å². The molecule has 2 heteroatoms. The lowest BCUT2D eigenvalue weighted by molar-refractivity contribution is 0.201. The highest BCUT2D eigenvalue weighted by Gasteiger charge is 2.33. The van der Waals surface area contributed by atoms with Crippen molar-refractivity contribution in [1.29, 1.82) is 0 Å². The molecule has 2 rings (SSSR count). The number of hydrogen-bond acceptors (Lipinski definition) is 1. The fraction of sp³-hybridized carbons (Fsp3) is 0.765. The van der Waals surface area contributed by atoms with Gasteiger partial charge in [0.05, 0.1) is 0 Å². The average molecular weight is 262 g/mol. The van der Waals surface area contributed by atoms with Crippen molar-refractivity contribution in [2.75, 3.05) is 0 Å². The zero-order chi connectivity index (χ0) is 14.4. The number of rotatable bonds is 3. The van der Waals surface area contributed by atoms with Crippen LogP contribution in [0.25, 0.3) is 0 Å². The third-order valence-electron chi connectivity index (χ3n) is 5.07. The minimum Gasteiger partial charge on any atom is -0.351 e. The molecule has 1 aliphatic rings. The summed E-state index contributed by atoms with van der Waals surface area (Å²) in [6, 6.07) is 2.45. The molecule has 0 aromatic carbocycles. The van der Waals surface area contributed by atoms with Crippen molar-refractivity contribution in [1.82, 2.24) is 4.57 Å². The Morgan fingerprint density at radius 2 is 2.05 bits per heavy atom. The Hall–Kier alpha value is -0.760. The van der Waals surface area contributed by atoms with Crippen LogP contribution in [0.2, 0.25) is 0 Å². The second kappa shape index (κ2) is 4.66. The van der Waals surface area contributed by atoms with Gasteiger partial charge in [-0.3, -0.25) is 0 Å². The molecule has 2 N–H and O–H groups in total. The summed E-state index contributed by atoms with van der Waals surface area (Å²) in [7, 11) is 0. The summed E-state index contributed by atoms with van der Waals surface area (Å²) in [6.45, 7) is 15.1. The highest BCUT2D eigenvalue weighted by molar-refractivity contribution is 5.30. The SMILES string of the molecule is CC(C)C(C)(C)Cn1ccc2c1CC(C)(C)CC2N. The van der Waals surface area contributed by atoms with Crippen LogP contribution in [0.5, 0.6) is 0 Å². The van der Waals surface area contributed by atoms with E-state index in [1.165, 1.54) is 11.3 Å². The predicted octanol–water partition coefficient (Wildman–Crippen LogP) is 4.14. The van der Waals surface area contributed by atoms with Crippen molar-refractivity contribution >= 4 is 0 Å². The second-order valence-electron chi connectivity index (χ2n) is 8.14. The standard InChI is InChI=1S/C17H30N2/c1-12(2)17(5,6)11-19-8-7-13-14(18)9-16(3,4)10-15(13)19/h7-8,12,14H,9-11,18H2,1-6H3. The summed E-state index contributed by atoms with van der Waals surface area (Å²) in [5.41, 5.74) is 9.83. The summed E-state index contributed by atoms with van der Waals surface area (Å²) in [4.78, 5) is 0. The monoisotopic (exact) mass is 262 g/mol. The van der Waals surface area contributed by atoms with Gasteiger partial charge in [0.1, 0.15) is 0 Å². The van der Waals surface area contributed by atoms with Crippen LogP contribution in [-0.2, 0) is 13.0 Å². The number of hydrogen-bond donors (Lipinski definition) is 1. The highest BCUT2D eigenvalue weighted by atomic mass is 15.0. The Morgan fingerprint density at radius 1 is 1.42 bits per heavy atom. The molecular weight excluding hydrogens is 232 g/mol. The molecule has 108 valence electrons. The Bertz CT molecular complexity index is 452. The van der Waals surface area contributed by atoms with E-state index in [9.17, 15) is 0 Å². The van der Waals surface area contributed by atoms with Crippen LogP contribution in [0.15, 0.2) is 12.3 Å². The Morgan fingerprint density at radius 3 is 2.63 bits per heavy atom. The molecule has 0 radical (unpaired) electrons. The molecule has 1 heterocycles. The minimum absolute atomic E-state index is 0.210. The van der Waals surface area contributed by atoms with Gasteiger partial charge in [-0.2, -0.15) is 0 Å². The van der Waals surface area contributed by atoms with E-state index in [0.717, 1.165) is 19.4 Å². The van der Waals surface area contributed by atoms with E-state index in [-0.39, 0.29) is 6.04 Å². The van der Waals surface area contributed by atoms with E-state index < -0.39 is 0 Å². The molecule has 0 amide bonds. The van der Waals surface area contributed by atoms with Crippen molar-refractivity contribution in [2.24, 2.45) is 22.5 Å². The van der Waals surface area contributed by atoms with Gasteiger partial charge in [0.25, 0.3) is 0 Å². The van der Waals surface area contributed by atoms with Gasteiger partial charge in [0.2, 0.25) is 0 Å². The molecule has 2 nitrogen and oxygen atoms in total. The smallest absolute Gasteiger partial charge is 0.0318 e. The molecular formula is C17H30N2. The van der Waals surface area contributed by atoms with Gasteiger partial charge in [0, 0.05) is 24.5 Å². The molecule has 1 aromatic rings. The van der Waals surface area contributed by atoms with Crippen LogP contribution < -0.4 is 5.73 Å². The maximum absolute atomic E-state index is 6.35. The third kappa shape index (κ3) is 2.89. The predicted molar refractivity (Wildman–Crippen MR) is 82.1 cm³/mol. The lowest BCUT2D eigenvalue weighted by Gasteiger charge is -2.36. The van der Waals surface area contributed by atoms with E-state index in [2.05, 4.69) is 58.4 Å².